The molecular formula is C26H29Cl2N3O6S2. The van der Waals surface area contributed by atoms with E-state index in [0.717, 1.165) is 4.90 Å². The third-order valence-corrected chi connectivity index (χ3v) is 9.31. The van der Waals surface area contributed by atoms with Crippen LogP contribution in [0, 0.1) is 5.92 Å². The lowest BCUT2D eigenvalue weighted by Gasteiger charge is -2.31. The van der Waals surface area contributed by atoms with Crippen molar-refractivity contribution in [3.63, 3.8) is 0 Å². The highest BCUT2D eigenvalue weighted by Crippen LogP contribution is 2.35. The maximum absolute atomic E-state index is 12.7. The van der Waals surface area contributed by atoms with Gasteiger partial charge in [0.25, 0.3) is 0 Å². The minimum absolute atomic E-state index is 0.244. The van der Waals surface area contributed by atoms with E-state index < -0.39 is 40.4 Å². The number of carbonyl (C=O) groups is 3. The molecule has 39 heavy (non-hydrogen) atoms. The Morgan fingerprint density at radius 1 is 1.10 bits per heavy atom. The van der Waals surface area contributed by atoms with Gasteiger partial charge in [-0.1, -0.05) is 59.6 Å². The quantitative estimate of drug-likeness (QED) is 0.260. The Kier molecular flexibility index (Phi) is 11.3. The first kappa shape index (κ1) is 31.0. The molecular weight excluding hydrogens is 585 g/mol. The lowest BCUT2D eigenvalue weighted by Crippen LogP contribution is -2.51. The van der Waals surface area contributed by atoms with E-state index in [2.05, 4.69) is 10.0 Å². The van der Waals surface area contributed by atoms with Crippen LogP contribution in [0.25, 0.3) is 6.08 Å². The molecule has 2 amide bonds. The summed E-state index contributed by atoms with van der Waals surface area (Å²) >= 11 is 14.0. The minimum Gasteiger partial charge on any atom is -0.480 e. The van der Waals surface area contributed by atoms with Crippen LogP contribution in [0.15, 0.2) is 53.4 Å². The molecule has 13 heteroatoms. The largest absolute Gasteiger partial charge is 0.480 e. The Morgan fingerprint density at radius 2 is 1.77 bits per heavy atom. The first-order chi connectivity index (χ1) is 18.5. The van der Waals surface area contributed by atoms with Crippen molar-refractivity contribution in [1.82, 2.24) is 14.9 Å². The Balaban J connectivity index is 1.50. The number of thioether (sulfide) groups is 1. The predicted molar refractivity (Wildman–Crippen MR) is 153 cm³/mol. The topological polar surface area (TPSA) is 133 Å². The number of sulfonamides is 1. The van der Waals surface area contributed by atoms with Crippen molar-refractivity contribution in [3.05, 3.63) is 69.7 Å². The number of hydrogen-bond donors (Lipinski definition) is 3. The van der Waals surface area contributed by atoms with Crippen LogP contribution in [0.4, 0.5) is 0 Å². The molecule has 0 bridgehead atoms. The summed E-state index contributed by atoms with van der Waals surface area (Å²) in [6, 6.07) is 10.6. The molecule has 2 aromatic carbocycles. The van der Waals surface area contributed by atoms with E-state index in [-0.39, 0.29) is 11.7 Å². The molecule has 0 spiro atoms. The summed E-state index contributed by atoms with van der Waals surface area (Å²) in [6.45, 7) is 0.133. The third-order valence-electron chi connectivity index (χ3n) is 6.20. The zero-order chi connectivity index (χ0) is 28.6. The molecule has 3 rings (SSSR count). The van der Waals surface area contributed by atoms with Crippen molar-refractivity contribution < 1.29 is 27.9 Å². The number of halogens is 2. The van der Waals surface area contributed by atoms with Crippen LogP contribution in [0.5, 0.6) is 0 Å². The maximum atomic E-state index is 12.7. The molecule has 1 heterocycles. The Morgan fingerprint density at radius 3 is 2.38 bits per heavy atom. The minimum atomic E-state index is -3.81. The summed E-state index contributed by atoms with van der Waals surface area (Å²) in [7, 11) is -3.81. The zero-order valence-electron chi connectivity index (χ0n) is 21.1. The smallest absolute Gasteiger partial charge is 0.327 e. The van der Waals surface area contributed by atoms with Gasteiger partial charge in [-0.2, -0.15) is 0 Å². The van der Waals surface area contributed by atoms with E-state index in [1.807, 2.05) is 12.3 Å². The van der Waals surface area contributed by atoms with E-state index >= 15 is 0 Å². The van der Waals surface area contributed by atoms with Crippen LogP contribution in [0.2, 0.25) is 10.0 Å². The lowest BCUT2D eigenvalue weighted by molar-refractivity contribution is -0.142. The SMILES string of the molecule is CSc1ccc(/C=C/C(=O)N2CCC(C(=O)N[C@@H](CNS(=O)(=O)Cc3ccccc3)C(=O)O)CC2)c(Cl)c1Cl. The monoisotopic (exact) mass is 613 g/mol. The Bertz CT molecular complexity index is 1330. The summed E-state index contributed by atoms with van der Waals surface area (Å²) < 4.78 is 27.0. The fourth-order valence-corrected chi connectivity index (χ4v) is 6.33. The van der Waals surface area contributed by atoms with Crippen molar-refractivity contribution in [2.45, 2.75) is 29.5 Å². The first-order valence-electron chi connectivity index (χ1n) is 12.0. The second kappa shape index (κ2) is 14.2. The van der Waals surface area contributed by atoms with Crippen LogP contribution >= 0.6 is 35.0 Å². The molecule has 0 aliphatic carbocycles. The van der Waals surface area contributed by atoms with Gasteiger partial charge in [0.05, 0.1) is 15.8 Å². The van der Waals surface area contributed by atoms with E-state index in [1.165, 1.54) is 17.8 Å². The zero-order valence-corrected chi connectivity index (χ0v) is 24.2. The van der Waals surface area contributed by atoms with Crippen molar-refractivity contribution in [1.29, 1.82) is 0 Å². The van der Waals surface area contributed by atoms with Crippen LogP contribution in [0.3, 0.4) is 0 Å². The first-order valence-corrected chi connectivity index (χ1v) is 15.7. The van der Waals surface area contributed by atoms with E-state index in [4.69, 9.17) is 23.2 Å². The molecule has 1 aliphatic rings. The van der Waals surface area contributed by atoms with Crippen molar-refractivity contribution >= 4 is 68.8 Å². The standard InChI is InChI=1S/C26H29Cl2N3O6S2/c1-38-21-9-7-18(23(27)24(21)28)8-10-22(32)31-13-11-19(12-14-31)25(33)30-20(26(34)35)15-29-39(36,37)16-17-5-3-2-4-6-17/h2-10,19-20,29H,11-16H2,1H3,(H,30,33)(H,34,35)/b10-8+/t20-/m0/s1. The number of nitrogens with one attached hydrogen (secondary N) is 2. The molecule has 0 unspecified atom stereocenters. The van der Waals surface area contributed by atoms with Gasteiger partial charge >= 0.3 is 5.97 Å². The van der Waals surface area contributed by atoms with Gasteiger partial charge in [0.2, 0.25) is 21.8 Å². The summed E-state index contributed by atoms with van der Waals surface area (Å²) in [4.78, 5) is 39.5. The Hall–Kier alpha value is -2.57. The molecule has 1 atom stereocenters. The molecule has 2 aromatic rings. The fourth-order valence-electron chi connectivity index (χ4n) is 4.01. The average Bonchev–Trinajstić information content (AvgIpc) is 2.91. The number of carboxylic acid groups (broad SMARTS) is 1. The van der Waals surface area contributed by atoms with Gasteiger partial charge in [0, 0.05) is 36.5 Å². The summed E-state index contributed by atoms with van der Waals surface area (Å²) in [5.74, 6) is -2.91. The second-order valence-electron chi connectivity index (χ2n) is 8.91. The van der Waals surface area contributed by atoms with Gasteiger partial charge in [0.15, 0.2) is 0 Å². The number of benzene rings is 2. The third kappa shape index (κ3) is 8.97. The number of likely N-dealkylation sites (tertiary alicyclic amines) is 1. The maximum Gasteiger partial charge on any atom is 0.327 e. The summed E-state index contributed by atoms with van der Waals surface area (Å²) in [6.07, 6.45) is 5.56. The second-order valence-corrected chi connectivity index (χ2v) is 12.3. The van der Waals surface area contributed by atoms with Gasteiger partial charge < -0.3 is 15.3 Å². The summed E-state index contributed by atoms with van der Waals surface area (Å²) in [5, 5.41) is 12.7. The molecule has 0 saturated carbocycles. The molecule has 1 fully saturated rings. The fraction of sp³-hybridized carbons (Fsp3) is 0.346. The van der Waals surface area contributed by atoms with Crippen LogP contribution in [0.1, 0.15) is 24.0 Å². The summed E-state index contributed by atoms with van der Waals surface area (Å²) in [5.41, 5.74) is 1.17. The van der Waals surface area contributed by atoms with Gasteiger partial charge in [0.1, 0.15) is 6.04 Å². The molecule has 9 nitrogen and oxygen atoms in total. The highest BCUT2D eigenvalue weighted by Gasteiger charge is 2.30. The van der Waals surface area contributed by atoms with Gasteiger partial charge in [-0.25, -0.2) is 17.9 Å². The van der Waals surface area contributed by atoms with Gasteiger partial charge in [-0.05, 0) is 42.4 Å². The number of carboxylic acids is 1. The number of rotatable bonds is 11. The van der Waals surface area contributed by atoms with Crippen molar-refractivity contribution in [3.8, 4) is 0 Å². The van der Waals surface area contributed by atoms with Crippen LogP contribution in [-0.2, 0) is 30.2 Å². The van der Waals surface area contributed by atoms with E-state index in [1.54, 1.807) is 47.4 Å². The van der Waals surface area contributed by atoms with Crippen molar-refractivity contribution in [2.24, 2.45) is 5.92 Å². The van der Waals surface area contributed by atoms with E-state index in [0.29, 0.717) is 47.1 Å². The molecule has 1 aliphatic heterocycles. The molecule has 3 N–H and O–H groups in total. The van der Waals surface area contributed by atoms with Crippen LogP contribution in [-0.4, -0.2) is 68.1 Å². The van der Waals surface area contributed by atoms with E-state index in [9.17, 15) is 27.9 Å². The number of amides is 2. The van der Waals surface area contributed by atoms with Gasteiger partial charge in [-0.15, -0.1) is 11.8 Å². The average molecular weight is 615 g/mol. The lowest BCUT2D eigenvalue weighted by atomic mass is 9.95. The highest BCUT2D eigenvalue weighted by atomic mass is 35.5. The predicted octanol–water partition coefficient (Wildman–Crippen LogP) is 3.66. The molecule has 0 aromatic heterocycles. The molecule has 210 valence electrons. The number of nitrogens with zero attached hydrogens (tertiary/aromatic N) is 1. The van der Waals surface area contributed by atoms with Crippen LogP contribution < -0.4 is 10.0 Å². The van der Waals surface area contributed by atoms with Crippen molar-refractivity contribution in [2.75, 3.05) is 25.9 Å². The Labute approximate surface area is 242 Å². The number of carbonyl (C=O) groups excluding carboxylic acids is 2. The number of aliphatic carboxylic acids is 1. The molecule has 0 radical (unpaired) electrons. The normalized spacial score (nSPS) is 15.3. The number of piperidine rings is 1. The highest BCUT2D eigenvalue weighted by molar-refractivity contribution is 7.98. The van der Waals surface area contributed by atoms with Gasteiger partial charge in [-0.3, -0.25) is 9.59 Å². The number of hydrogen-bond acceptors (Lipinski definition) is 6. The molecule has 1 saturated heterocycles.